The number of nitrogens with two attached hydrogens (primary N) is 2. The van der Waals surface area contributed by atoms with Crippen molar-refractivity contribution in [1.82, 2.24) is 4.90 Å². The van der Waals surface area contributed by atoms with Gasteiger partial charge in [0.1, 0.15) is 10.8 Å². The number of rotatable bonds is 8. The second-order valence-electron chi connectivity index (χ2n) is 4.67. The van der Waals surface area contributed by atoms with Gasteiger partial charge in [-0.05, 0) is 19.0 Å². The fourth-order valence-corrected chi connectivity index (χ4v) is 2.11. The van der Waals surface area contributed by atoms with E-state index in [9.17, 15) is 9.18 Å². The first-order chi connectivity index (χ1) is 9.45. The Kier molecular flexibility index (Phi) is 6.54. The van der Waals surface area contributed by atoms with E-state index >= 15 is 0 Å². The number of unbranched alkanes of at least 4 members (excludes halogenated alkanes) is 1. The first kappa shape index (κ1) is 16.5. The minimum Gasteiger partial charge on any atom is -0.389 e. The normalized spacial score (nSPS) is 10.8. The molecule has 0 bridgehead atoms. The Morgan fingerprint density at radius 1 is 1.40 bits per heavy atom. The largest absolute Gasteiger partial charge is 0.389 e. The maximum atomic E-state index is 14.2. The summed E-state index contributed by atoms with van der Waals surface area (Å²) in [5, 5.41) is 0. The molecule has 1 rings (SSSR count). The van der Waals surface area contributed by atoms with E-state index in [1.54, 1.807) is 18.2 Å². The third kappa shape index (κ3) is 4.86. The molecule has 0 heterocycles. The van der Waals surface area contributed by atoms with Gasteiger partial charge in [0.05, 0.1) is 6.54 Å². The summed E-state index contributed by atoms with van der Waals surface area (Å²) >= 11 is 4.81. The van der Waals surface area contributed by atoms with Gasteiger partial charge in [-0.25, -0.2) is 4.39 Å². The predicted molar refractivity (Wildman–Crippen MR) is 81.7 cm³/mol. The van der Waals surface area contributed by atoms with E-state index in [-0.39, 0.29) is 17.1 Å². The van der Waals surface area contributed by atoms with E-state index in [1.165, 1.54) is 0 Å². The Hall–Kier alpha value is -1.53. The van der Waals surface area contributed by atoms with E-state index in [0.717, 1.165) is 12.8 Å². The lowest BCUT2D eigenvalue weighted by atomic mass is 10.1. The zero-order valence-corrected chi connectivity index (χ0v) is 12.4. The third-order valence-corrected chi connectivity index (χ3v) is 3.17. The van der Waals surface area contributed by atoms with Gasteiger partial charge < -0.3 is 11.5 Å². The standard InChI is InChI=1S/C14H20FN3OS/c1-2-3-7-18(9-12(16)19)8-10-5-4-6-11(13(10)15)14(17)20/h4-6H,2-3,7-9H2,1H3,(H2,16,19)(H2,17,20). The van der Waals surface area contributed by atoms with Gasteiger partial charge in [-0.15, -0.1) is 0 Å². The number of primary amides is 1. The van der Waals surface area contributed by atoms with Crippen molar-refractivity contribution >= 4 is 23.1 Å². The van der Waals surface area contributed by atoms with Crippen LogP contribution in [0.15, 0.2) is 18.2 Å². The van der Waals surface area contributed by atoms with E-state index < -0.39 is 11.7 Å². The minimum absolute atomic E-state index is 0.0272. The molecule has 0 saturated heterocycles. The molecule has 1 aromatic rings. The topological polar surface area (TPSA) is 72.3 Å². The van der Waals surface area contributed by atoms with E-state index in [0.29, 0.717) is 18.7 Å². The first-order valence-corrected chi connectivity index (χ1v) is 6.94. The number of hydrogen-bond acceptors (Lipinski definition) is 3. The second kappa shape index (κ2) is 7.91. The molecule has 0 atom stereocenters. The Bertz CT molecular complexity index is 493. The lowest BCUT2D eigenvalue weighted by Gasteiger charge is -2.21. The highest BCUT2D eigenvalue weighted by molar-refractivity contribution is 7.80. The van der Waals surface area contributed by atoms with Gasteiger partial charge in [0.25, 0.3) is 0 Å². The number of thiocarbonyl (C=S) groups is 1. The highest BCUT2D eigenvalue weighted by Crippen LogP contribution is 2.15. The monoisotopic (exact) mass is 297 g/mol. The molecule has 0 aliphatic carbocycles. The molecule has 0 unspecified atom stereocenters. The Morgan fingerprint density at radius 3 is 2.65 bits per heavy atom. The lowest BCUT2D eigenvalue weighted by Crippen LogP contribution is -2.34. The zero-order valence-electron chi connectivity index (χ0n) is 11.6. The molecule has 0 saturated carbocycles. The number of carbonyl (C=O) groups excluding carboxylic acids is 1. The number of halogens is 1. The lowest BCUT2D eigenvalue weighted by molar-refractivity contribution is -0.119. The van der Waals surface area contributed by atoms with Crippen molar-refractivity contribution in [3.05, 3.63) is 35.1 Å². The summed E-state index contributed by atoms with van der Waals surface area (Å²) in [5.41, 5.74) is 11.4. The molecule has 4 nitrogen and oxygen atoms in total. The highest BCUT2D eigenvalue weighted by Gasteiger charge is 2.14. The fourth-order valence-electron chi connectivity index (χ4n) is 1.95. The molecule has 20 heavy (non-hydrogen) atoms. The molecule has 110 valence electrons. The molecular weight excluding hydrogens is 277 g/mol. The smallest absolute Gasteiger partial charge is 0.231 e. The van der Waals surface area contributed by atoms with Crippen LogP contribution >= 0.6 is 12.2 Å². The van der Waals surface area contributed by atoms with Crippen LogP contribution in [0.5, 0.6) is 0 Å². The minimum atomic E-state index is -0.425. The Labute approximate surface area is 123 Å². The summed E-state index contributed by atoms with van der Waals surface area (Å²) in [4.78, 5) is 12.9. The van der Waals surface area contributed by atoms with Crippen LogP contribution < -0.4 is 11.5 Å². The highest BCUT2D eigenvalue weighted by atomic mass is 32.1. The van der Waals surface area contributed by atoms with E-state index in [4.69, 9.17) is 23.7 Å². The van der Waals surface area contributed by atoms with E-state index in [2.05, 4.69) is 6.92 Å². The van der Waals surface area contributed by atoms with Gasteiger partial charge in [0.15, 0.2) is 0 Å². The molecule has 0 fully saturated rings. The number of amides is 1. The maximum absolute atomic E-state index is 14.2. The molecule has 4 N–H and O–H groups in total. The first-order valence-electron chi connectivity index (χ1n) is 6.53. The van der Waals surface area contributed by atoms with Crippen LogP contribution in [0.4, 0.5) is 4.39 Å². The summed E-state index contributed by atoms with van der Waals surface area (Å²) in [6.07, 6.45) is 1.91. The average molecular weight is 297 g/mol. The van der Waals surface area contributed by atoms with Crippen molar-refractivity contribution < 1.29 is 9.18 Å². The van der Waals surface area contributed by atoms with Crippen molar-refractivity contribution in [3.63, 3.8) is 0 Å². The van der Waals surface area contributed by atoms with Gasteiger partial charge in [-0.3, -0.25) is 9.69 Å². The van der Waals surface area contributed by atoms with Crippen LogP contribution in [0.25, 0.3) is 0 Å². The molecule has 0 radical (unpaired) electrons. The van der Waals surface area contributed by atoms with Crippen LogP contribution in [0.1, 0.15) is 30.9 Å². The molecule has 6 heteroatoms. The van der Waals surface area contributed by atoms with Gasteiger partial charge >= 0.3 is 0 Å². The number of nitrogens with zero attached hydrogens (tertiary/aromatic N) is 1. The van der Waals surface area contributed by atoms with Gasteiger partial charge in [0, 0.05) is 17.7 Å². The van der Waals surface area contributed by atoms with Crippen LogP contribution in [-0.4, -0.2) is 28.9 Å². The SMILES string of the molecule is CCCCN(CC(N)=O)Cc1cccc(C(N)=S)c1F. The van der Waals surface area contributed by atoms with Gasteiger partial charge in [0.2, 0.25) is 5.91 Å². The summed E-state index contributed by atoms with van der Waals surface area (Å²) in [7, 11) is 0. The molecule has 0 aliphatic rings. The maximum Gasteiger partial charge on any atom is 0.231 e. The summed E-state index contributed by atoms with van der Waals surface area (Å²) in [6, 6.07) is 4.91. The molecule has 0 aromatic heterocycles. The van der Waals surface area contributed by atoms with Crippen LogP contribution in [0, 0.1) is 5.82 Å². The van der Waals surface area contributed by atoms with Crippen molar-refractivity contribution in [1.29, 1.82) is 0 Å². The van der Waals surface area contributed by atoms with E-state index in [1.807, 2.05) is 4.90 Å². The molecule has 1 amide bonds. The van der Waals surface area contributed by atoms with Crippen LogP contribution in [0.2, 0.25) is 0 Å². The van der Waals surface area contributed by atoms with Crippen LogP contribution in [0.3, 0.4) is 0 Å². The van der Waals surface area contributed by atoms with Crippen LogP contribution in [-0.2, 0) is 11.3 Å². The number of carbonyl (C=O) groups is 1. The van der Waals surface area contributed by atoms with Gasteiger partial charge in [-0.2, -0.15) is 0 Å². The van der Waals surface area contributed by atoms with Gasteiger partial charge in [-0.1, -0.05) is 37.7 Å². The van der Waals surface area contributed by atoms with Crippen molar-refractivity contribution in [2.75, 3.05) is 13.1 Å². The van der Waals surface area contributed by atoms with Crippen molar-refractivity contribution in [2.24, 2.45) is 11.5 Å². The second-order valence-corrected chi connectivity index (χ2v) is 5.11. The predicted octanol–water partition coefficient (Wildman–Crippen LogP) is 1.55. The summed E-state index contributed by atoms with van der Waals surface area (Å²) < 4.78 is 14.2. The fraction of sp³-hybridized carbons (Fsp3) is 0.429. The zero-order chi connectivity index (χ0) is 15.1. The van der Waals surface area contributed by atoms with Crippen molar-refractivity contribution in [3.8, 4) is 0 Å². The molecule has 1 aromatic carbocycles. The summed E-state index contributed by atoms with van der Waals surface area (Å²) in [6.45, 7) is 3.16. The van der Waals surface area contributed by atoms with Crippen molar-refractivity contribution in [2.45, 2.75) is 26.3 Å². The molecule has 0 spiro atoms. The number of benzene rings is 1. The average Bonchev–Trinajstić information content (AvgIpc) is 2.37. The Morgan fingerprint density at radius 2 is 2.10 bits per heavy atom. The quantitative estimate of drug-likeness (QED) is 0.714. The summed E-state index contributed by atoms with van der Waals surface area (Å²) in [5.74, 6) is -0.849. The Balaban J connectivity index is 2.89. The molecular formula is C14H20FN3OS. The third-order valence-electron chi connectivity index (χ3n) is 2.95. The molecule has 0 aliphatic heterocycles. The number of hydrogen-bond donors (Lipinski definition) is 2.